The lowest BCUT2D eigenvalue weighted by atomic mass is 10.1. The number of amides is 2. The number of ether oxygens (including phenoxy) is 1. The Balaban J connectivity index is 2.10. The predicted molar refractivity (Wildman–Crippen MR) is 77.8 cm³/mol. The fraction of sp³-hybridized carbons (Fsp3) is 0.214. The van der Waals surface area contributed by atoms with Gasteiger partial charge < -0.3 is 10.2 Å². The molecule has 7 nitrogen and oxygen atoms in total. The fourth-order valence-electron chi connectivity index (χ4n) is 2.52. The molecule has 0 saturated carbocycles. The number of anilines is 1. The van der Waals surface area contributed by atoms with Gasteiger partial charge in [0.05, 0.1) is 18.4 Å². The number of nitrogens with zero attached hydrogens (tertiary/aromatic N) is 1. The molecule has 1 saturated heterocycles. The van der Waals surface area contributed by atoms with E-state index in [4.69, 9.17) is 11.6 Å². The van der Waals surface area contributed by atoms with Gasteiger partial charge in [0, 0.05) is 5.02 Å². The molecule has 2 heterocycles. The van der Waals surface area contributed by atoms with Crippen molar-refractivity contribution in [1.82, 2.24) is 10.9 Å². The number of hydrogen-bond acceptors (Lipinski definition) is 6. The van der Waals surface area contributed by atoms with Gasteiger partial charge in [-0.3, -0.25) is 9.59 Å². The summed E-state index contributed by atoms with van der Waals surface area (Å²) in [5, 5.41) is 0.448. The van der Waals surface area contributed by atoms with Crippen LogP contribution in [0.2, 0.25) is 5.02 Å². The standard InChI is InChI=1S/C14H12ClN3O4/c1-6-7(15)4-3-5-8(6)18-12(19)9-10(13(18)20)16-17-11(9)14(21)22-2/h3-5,10,16-17H,1-2H3. The zero-order valence-electron chi connectivity index (χ0n) is 11.8. The van der Waals surface area contributed by atoms with E-state index >= 15 is 0 Å². The largest absolute Gasteiger partial charge is 0.464 e. The van der Waals surface area contributed by atoms with Gasteiger partial charge in [-0.15, -0.1) is 0 Å². The first-order valence-electron chi connectivity index (χ1n) is 6.44. The zero-order valence-corrected chi connectivity index (χ0v) is 12.5. The number of rotatable bonds is 2. The summed E-state index contributed by atoms with van der Waals surface area (Å²) in [6.07, 6.45) is 0. The number of halogens is 1. The number of methoxy groups -OCH3 is 1. The summed E-state index contributed by atoms with van der Waals surface area (Å²) in [6.45, 7) is 1.72. The summed E-state index contributed by atoms with van der Waals surface area (Å²) in [6, 6.07) is 4.04. The van der Waals surface area contributed by atoms with E-state index in [-0.39, 0.29) is 11.3 Å². The molecule has 0 spiro atoms. The van der Waals surface area contributed by atoms with Crippen LogP contribution < -0.4 is 15.8 Å². The lowest BCUT2D eigenvalue weighted by molar-refractivity contribution is -0.137. The molecule has 0 aromatic heterocycles. The van der Waals surface area contributed by atoms with E-state index < -0.39 is 23.8 Å². The molecule has 1 fully saturated rings. The maximum Gasteiger partial charge on any atom is 0.356 e. The minimum atomic E-state index is -0.917. The van der Waals surface area contributed by atoms with Crippen LogP contribution in [0.1, 0.15) is 5.56 Å². The van der Waals surface area contributed by atoms with E-state index in [9.17, 15) is 14.4 Å². The number of imide groups is 1. The third kappa shape index (κ3) is 1.90. The average molecular weight is 322 g/mol. The summed E-state index contributed by atoms with van der Waals surface area (Å²) in [7, 11) is 1.20. The lowest BCUT2D eigenvalue weighted by Gasteiger charge is -2.18. The molecule has 8 heteroatoms. The maximum atomic E-state index is 12.6. The van der Waals surface area contributed by atoms with Crippen LogP contribution in [0.5, 0.6) is 0 Å². The van der Waals surface area contributed by atoms with Crippen LogP contribution in [0.4, 0.5) is 5.69 Å². The number of esters is 1. The van der Waals surface area contributed by atoms with Gasteiger partial charge in [-0.2, -0.15) is 0 Å². The van der Waals surface area contributed by atoms with Crippen molar-refractivity contribution in [1.29, 1.82) is 0 Å². The number of nitrogens with one attached hydrogen (secondary N) is 2. The molecular formula is C14H12ClN3O4. The maximum absolute atomic E-state index is 12.6. The smallest absolute Gasteiger partial charge is 0.356 e. The molecule has 0 radical (unpaired) electrons. The highest BCUT2D eigenvalue weighted by Gasteiger charge is 2.50. The Morgan fingerprint density at radius 3 is 2.77 bits per heavy atom. The number of carbonyl (C=O) groups excluding carboxylic acids is 3. The predicted octanol–water partition coefficient (Wildman–Crippen LogP) is 0.425. The van der Waals surface area contributed by atoms with Crippen LogP contribution >= 0.6 is 11.6 Å². The molecule has 3 rings (SSSR count). The minimum absolute atomic E-state index is 0.0481. The molecule has 114 valence electrons. The molecule has 1 atom stereocenters. The van der Waals surface area contributed by atoms with Gasteiger partial charge in [-0.1, -0.05) is 17.7 Å². The third-order valence-electron chi connectivity index (χ3n) is 3.67. The van der Waals surface area contributed by atoms with Crippen LogP contribution in [0.15, 0.2) is 29.5 Å². The van der Waals surface area contributed by atoms with Gasteiger partial charge in [0.1, 0.15) is 11.7 Å². The second-order valence-corrected chi connectivity index (χ2v) is 5.25. The van der Waals surface area contributed by atoms with Gasteiger partial charge in [-0.05, 0) is 24.6 Å². The summed E-state index contributed by atoms with van der Waals surface area (Å²) in [4.78, 5) is 37.8. The molecular weight excluding hydrogens is 310 g/mol. The molecule has 2 aliphatic heterocycles. The molecule has 1 aromatic carbocycles. The Labute approximate surface area is 130 Å². The normalized spacial score (nSPS) is 20.3. The summed E-state index contributed by atoms with van der Waals surface area (Å²) in [5.74, 6) is -1.76. The van der Waals surface area contributed by atoms with Crippen molar-refractivity contribution in [2.75, 3.05) is 12.0 Å². The fourth-order valence-corrected chi connectivity index (χ4v) is 2.69. The summed E-state index contributed by atoms with van der Waals surface area (Å²) >= 11 is 6.05. The minimum Gasteiger partial charge on any atom is -0.464 e. The number of carbonyl (C=O) groups is 3. The van der Waals surface area contributed by atoms with Crippen molar-refractivity contribution in [2.24, 2.45) is 0 Å². The summed E-state index contributed by atoms with van der Waals surface area (Å²) < 4.78 is 4.61. The SMILES string of the molecule is COC(=O)C1=C2C(=O)N(c3cccc(Cl)c3C)C(=O)C2NN1. The van der Waals surface area contributed by atoms with Gasteiger partial charge in [0.25, 0.3) is 11.8 Å². The van der Waals surface area contributed by atoms with Gasteiger partial charge in [-0.25, -0.2) is 15.1 Å². The molecule has 0 aliphatic carbocycles. The lowest BCUT2D eigenvalue weighted by Crippen LogP contribution is -2.43. The van der Waals surface area contributed by atoms with Crippen molar-refractivity contribution in [3.63, 3.8) is 0 Å². The number of fused-ring (bicyclic) bond motifs is 1. The highest BCUT2D eigenvalue weighted by Crippen LogP contribution is 2.34. The highest BCUT2D eigenvalue weighted by atomic mass is 35.5. The average Bonchev–Trinajstić information content (AvgIpc) is 3.04. The van der Waals surface area contributed by atoms with Crippen LogP contribution in [-0.4, -0.2) is 30.9 Å². The van der Waals surface area contributed by atoms with Crippen molar-refractivity contribution in [2.45, 2.75) is 13.0 Å². The van der Waals surface area contributed by atoms with Crippen LogP contribution in [0.25, 0.3) is 0 Å². The van der Waals surface area contributed by atoms with E-state index in [0.717, 1.165) is 4.90 Å². The first-order valence-corrected chi connectivity index (χ1v) is 6.82. The Hall–Kier alpha value is -2.38. The Bertz CT molecular complexity index is 744. The summed E-state index contributed by atoms with van der Waals surface area (Å²) in [5.41, 5.74) is 6.17. The van der Waals surface area contributed by atoms with E-state index in [0.29, 0.717) is 16.3 Å². The van der Waals surface area contributed by atoms with Crippen LogP contribution in [0, 0.1) is 6.92 Å². The van der Waals surface area contributed by atoms with E-state index in [2.05, 4.69) is 15.6 Å². The van der Waals surface area contributed by atoms with Crippen molar-refractivity contribution < 1.29 is 19.1 Å². The van der Waals surface area contributed by atoms with Crippen LogP contribution in [0.3, 0.4) is 0 Å². The highest BCUT2D eigenvalue weighted by molar-refractivity contribution is 6.35. The Kier molecular flexibility index (Phi) is 3.38. The third-order valence-corrected chi connectivity index (χ3v) is 4.08. The monoisotopic (exact) mass is 321 g/mol. The first-order chi connectivity index (χ1) is 10.5. The Morgan fingerprint density at radius 1 is 1.36 bits per heavy atom. The molecule has 22 heavy (non-hydrogen) atoms. The molecule has 1 unspecified atom stereocenters. The van der Waals surface area contributed by atoms with Crippen molar-refractivity contribution in [3.8, 4) is 0 Å². The molecule has 0 bridgehead atoms. The van der Waals surface area contributed by atoms with Gasteiger partial charge in [0.2, 0.25) is 0 Å². The van der Waals surface area contributed by atoms with Crippen molar-refractivity contribution in [3.05, 3.63) is 40.1 Å². The van der Waals surface area contributed by atoms with Crippen molar-refractivity contribution >= 4 is 35.1 Å². The Morgan fingerprint density at radius 2 is 2.09 bits per heavy atom. The zero-order chi connectivity index (χ0) is 16.0. The molecule has 1 aromatic rings. The van der Waals surface area contributed by atoms with E-state index in [1.165, 1.54) is 7.11 Å². The van der Waals surface area contributed by atoms with Gasteiger partial charge in [0.15, 0.2) is 0 Å². The van der Waals surface area contributed by atoms with E-state index in [1.54, 1.807) is 25.1 Å². The molecule has 2 N–H and O–H groups in total. The first kappa shape index (κ1) is 14.6. The number of hydrazine groups is 1. The van der Waals surface area contributed by atoms with Crippen LogP contribution in [-0.2, 0) is 19.1 Å². The molecule has 2 aliphatic rings. The second-order valence-electron chi connectivity index (χ2n) is 4.85. The molecule has 2 amide bonds. The van der Waals surface area contributed by atoms with Gasteiger partial charge >= 0.3 is 5.97 Å². The topological polar surface area (TPSA) is 87.7 Å². The number of hydrogen-bond donors (Lipinski definition) is 2. The second kappa shape index (κ2) is 5.11. The number of benzene rings is 1. The van der Waals surface area contributed by atoms with E-state index in [1.807, 2.05) is 0 Å². The quantitative estimate of drug-likeness (QED) is 0.606.